The first-order valence-corrected chi connectivity index (χ1v) is 7.17. The van der Waals surface area contributed by atoms with Crippen molar-refractivity contribution in [2.75, 3.05) is 6.54 Å². The van der Waals surface area contributed by atoms with E-state index >= 15 is 0 Å². The van der Waals surface area contributed by atoms with Crippen molar-refractivity contribution in [3.8, 4) is 5.75 Å². The van der Waals surface area contributed by atoms with Crippen LogP contribution in [0.25, 0.3) is 0 Å². The number of hydrogen-bond acceptors (Lipinski definition) is 4. The van der Waals surface area contributed by atoms with E-state index in [9.17, 15) is 9.59 Å². The van der Waals surface area contributed by atoms with Crippen LogP contribution in [0.2, 0.25) is 0 Å². The molecule has 0 aliphatic carbocycles. The van der Waals surface area contributed by atoms with Gasteiger partial charge in [0.15, 0.2) is 0 Å². The van der Waals surface area contributed by atoms with Gasteiger partial charge in [-0.1, -0.05) is 30.3 Å². The molecule has 6 heteroatoms. The second-order valence-electron chi connectivity index (χ2n) is 4.82. The Hall–Kier alpha value is -2.86. The largest absolute Gasteiger partial charge is 0.489 e. The molecule has 0 fully saturated rings. The Balaban J connectivity index is 1.79. The Morgan fingerprint density at radius 1 is 1.00 bits per heavy atom. The molecule has 0 aliphatic rings. The number of carbonyl (C=O) groups excluding carboxylic acids is 1. The fourth-order valence-corrected chi connectivity index (χ4v) is 1.83. The maximum absolute atomic E-state index is 11.8. The number of ether oxygens (including phenoxy) is 1. The predicted octanol–water partition coefficient (Wildman–Crippen LogP) is 1.97. The van der Waals surface area contributed by atoms with Crippen LogP contribution in [0.1, 0.15) is 22.3 Å². The van der Waals surface area contributed by atoms with E-state index in [0.717, 1.165) is 5.56 Å². The van der Waals surface area contributed by atoms with Crippen LogP contribution in [0.15, 0.2) is 54.6 Å². The molecular formula is C17H18N2O4. The van der Waals surface area contributed by atoms with Gasteiger partial charge in [0, 0.05) is 12.1 Å². The number of hydrogen-bond donors (Lipinski definition) is 3. The predicted molar refractivity (Wildman–Crippen MR) is 84.9 cm³/mol. The zero-order valence-corrected chi connectivity index (χ0v) is 12.5. The minimum Gasteiger partial charge on any atom is -0.489 e. The maximum atomic E-state index is 11.8. The first-order valence-electron chi connectivity index (χ1n) is 7.17. The van der Waals surface area contributed by atoms with E-state index in [2.05, 4.69) is 10.9 Å². The third-order valence-electron chi connectivity index (χ3n) is 3.03. The van der Waals surface area contributed by atoms with Crippen molar-refractivity contribution in [3.63, 3.8) is 0 Å². The van der Waals surface area contributed by atoms with Crippen molar-refractivity contribution in [3.05, 3.63) is 65.7 Å². The summed E-state index contributed by atoms with van der Waals surface area (Å²) >= 11 is 0. The summed E-state index contributed by atoms with van der Waals surface area (Å²) in [5.41, 5.74) is 6.53. The lowest BCUT2D eigenvalue weighted by atomic mass is 10.2. The van der Waals surface area contributed by atoms with Gasteiger partial charge >= 0.3 is 5.97 Å². The standard InChI is InChI=1S/C17H18N2O4/c20-16(21)10-11-18-19-17(22)14-6-8-15(9-7-14)23-12-13-4-2-1-3-5-13/h1-9,18H,10-12H2,(H,19,22)(H,20,21). The van der Waals surface area contributed by atoms with Gasteiger partial charge in [0.25, 0.3) is 5.91 Å². The van der Waals surface area contributed by atoms with E-state index in [4.69, 9.17) is 9.84 Å². The van der Waals surface area contributed by atoms with E-state index < -0.39 is 5.97 Å². The van der Waals surface area contributed by atoms with E-state index in [0.29, 0.717) is 17.9 Å². The summed E-state index contributed by atoms with van der Waals surface area (Å²) in [6.07, 6.45) is -0.0630. The minimum absolute atomic E-state index is 0.0630. The topological polar surface area (TPSA) is 87.7 Å². The van der Waals surface area contributed by atoms with E-state index in [1.54, 1.807) is 24.3 Å². The Kier molecular flexibility index (Phi) is 6.14. The van der Waals surface area contributed by atoms with Crippen LogP contribution < -0.4 is 15.6 Å². The molecule has 23 heavy (non-hydrogen) atoms. The molecule has 0 radical (unpaired) electrons. The van der Waals surface area contributed by atoms with Crippen LogP contribution in [0, 0.1) is 0 Å². The van der Waals surface area contributed by atoms with Crippen LogP contribution in [0.4, 0.5) is 0 Å². The molecule has 1 amide bonds. The summed E-state index contributed by atoms with van der Waals surface area (Å²) in [7, 11) is 0. The molecule has 3 N–H and O–H groups in total. The summed E-state index contributed by atoms with van der Waals surface area (Å²) in [4.78, 5) is 22.2. The molecule has 0 aliphatic heterocycles. The number of benzene rings is 2. The summed E-state index contributed by atoms with van der Waals surface area (Å²) in [5, 5.41) is 8.49. The highest BCUT2D eigenvalue weighted by atomic mass is 16.5. The van der Waals surface area contributed by atoms with Crippen LogP contribution in [-0.2, 0) is 11.4 Å². The van der Waals surface area contributed by atoms with Crippen molar-refractivity contribution in [1.29, 1.82) is 0 Å². The van der Waals surface area contributed by atoms with E-state index in [1.165, 1.54) is 0 Å². The van der Waals surface area contributed by atoms with Gasteiger partial charge in [-0.25, -0.2) is 5.43 Å². The van der Waals surface area contributed by atoms with Gasteiger partial charge in [-0.3, -0.25) is 15.0 Å². The third-order valence-corrected chi connectivity index (χ3v) is 3.03. The summed E-state index contributed by atoms with van der Waals surface area (Å²) in [6.45, 7) is 0.627. The van der Waals surface area contributed by atoms with Crippen molar-refractivity contribution < 1.29 is 19.4 Å². The Morgan fingerprint density at radius 3 is 2.35 bits per heavy atom. The molecule has 0 atom stereocenters. The number of aliphatic carboxylic acids is 1. The highest BCUT2D eigenvalue weighted by molar-refractivity contribution is 5.93. The normalized spacial score (nSPS) is 10.1. The lowest BCUT2D eigenvalue weighted by Crippen LogP contribution is -2.38. The molecule has 120 valence electrons. The number of carboxylic acids is 1. The smallest absolute Gasteiger partial charge is 0.304 e. The fourth-order valence-electron chi connectivity index (χ4n) is 1.83. The number of carboxylic acid groups (broad SMARTS) is 1. The molecular weight excluding hydrogens is 296 g/mol. The van der Waals surface area contributed by atoms with Crippen molar-refractivity contribution >= 4 is 11.9 Å². The van der Waals surface area contributed by atoms with Crippen LogP contribution in [-0.4, -0.2) is 23.5 Å². The highest BCUT2D eigenvalue weighted by Gasteiger charge is 2.05. The maximum Gasteiger partial charge on any atom is 0.304 e. The van der Waals surface area contributed by atoms with E-state index in [1.807, 2.05) is 30.3 Å². The van der Waals surface area contributed by atoms with Gasteiger partial charge in [-0.05, 0) is 29.8 Å². The lowest BCUT2D eigenvalue weighted by Gasteiger charge is -2.08. The molecule has 0 unspecified atom stereocenters. The highest BCUT2D eigenvalue weighted by Crippen LogP contribution is 2.14. The molecule has 2 rings (SSSR count). The van der Waals surface area contributed by atoms with Crippen LogP contribution in [0.5, 0.6) is 5.75 Å². The zero-order valence-electron chi connectivity index (χ0n) is 12.5. The quantitative estimate of drug-likeness (QED) is 0.512. The molecule has 0 heterocycles. The molecule has 0 aromatic heterocycles. The molecule has 2 aromatic carbocycles. The van der Waals surface area contributed by atoms with Gasteiger partial charge < -0.3 is 9.84 Å². The third kappa shape index (κ3) is 5.80. The van der Waals surface area contributed by atoms with Crippen molar-refractivity contribution in [1.82, 2.24) is 10.9 Å². The Morgan fingerprint density at radius 2 is 1.70 bits per heavy atom. The van der Waals surface area contributed by atoms with Gasteiger partial charge in [-0.2, -0.15) is 0 Å². The molecule has 0 saturated carbocycles. The van der Waals surface area contributed by atoms with Crippen LogP contribution >= 0.6 is 0 Å². The number of rotatable bonds is 8. The van der Waals surface area contributed by atoms with Gasteiger partial charge in [0.2, 0.25) is 0 Å². The first kappa shape index (κ1) is 16.5. The number of nitrogens with one attached hydrogen (secondary N) is 2. The minimum atomic E-state index is -0.924. The SMILES string of the molecule is O=C(O)CCNNC(=O)c1ccc(OCc2ccccc2)cc1. The number of hydrazine groups is 1. The molecule has 2 aromatic rings. The molecule has 0 saturated heterocycles. The summed E-state index contributed by atoms with van der Waals surface area (Å²) in [6, 6.07) is 16.5. The molecule has 6 nitrogen and oxygen atoms in total. The second-order valence-corrected chi connectivity index (χ2v) is 4.82. The molecule has 0 bridgehead atoms. The average molecular weight is 314 g/mol. The number of carbonyl (C=O) groups is 2. The molecule has 0 spiro atoms. The summed E-state index contributed by atoms with van der Waals surface area (Å²) < 4.78 is 5.64. The Labute approximate surface area is 134 Å². The van der Waals surface area contributed by atoms with Crippen molar-refractivity contribution in [2.24, 2.45) is 0 Å². The van der Waals surface area contributed by atoms with Gasteiger partial charge in [0.1, 0.15) is 12.4 Å². The Bertz CT molecular complexity index is 641. The average Bonchev–Trinajstić information content (AvgIpc) is 2.58. The van der Waals surface area contributed by atoms with Gasteiger partial charge in [-0.15, -0.1) is 0 Å². The second kappa shape index (κ2) is 8.55. The zero-order chi connectivity index (χ0) is 16.5. The van der Waals surface area contributed by atoms with Crippen LogP contribution in [0.3, 0.4) is 0 Å². The van der Waals surface area contributed by atoms with E-state index in [-0.39, 0.29) is 18.9 Å². The summed E-state index contributed by atoms with van der Waals surface area (Å²) in [5.74, 6) is -0.582. The van der Waals surface area contributed by atoms with Crippen molar-refractivity contribution in [2.45, 2.75) is 13.0 Å². The monoisotopic (exact) mass is 314 g/mol. The van der Waals surface area contributed by atoms with Gasteiger partial charge in [0.05, 0.1) is 6.42 Å². The first-order chi connectivity index (χ1) is 11.1. The lowest BCUT2D eigenvalue weighted by molar-refractivity contribution is -0.136. The fraction of sp³-hybridized carbons (Fsp3) is 0.176. The number of amides is 1.